The molecule has 6 nitrogen and oxygen atoms in total. The number of ether oxygens (including phenoxy) is 2. The van der Waals surface area contributed by atoms with Gasteiger partial charge in [-0.05, 0) is 33.6 Å². The van der Waals surface area contributed by atoms with Crippen molar-refractivity contribution in [1.29, 1.82) is 0 Å². The highest BCUT2D eigenvalue weighted by molar-refractivity contribution is 5.84. The van der Waals surface area contributed by atoms with Gasteiger partial charge in [-0.3, -0.25) is 4.90 Å². The summed E-state index contributed by atoms with van der Waals surface area (Å²) in [5, 5.41) is 10.3. The second-order valence-corrected chi connectivity index (χ2v) is 5.40. The van der Waals surface area contributed by atoms with Gasteiger partial charge in [-0.1, -0.05) is 0 Å². The van der Waals surface area contributed by atoms with Crippen LogP contribution in [0.4, 0.5) is 4.79 Å². The molecule has 0 saturated carbocycles. The fourth-order valence-electron chi connectivity index (χ4n) is 1.90. The number of hydrogen-bond acceptors (Lipinski definition) is 5. The molecule has 1 rings (SSSR count). The maximum Gasteiger partial charge on any atom is 0.413 e. The molecule has 0 radical (unpaired) electrons. The highest BCUT2D eigenvalue weighted by atomic mass is 16.6. The lowest BCUT2D eigenvalue weighted by molar-refractivity contribution is -0.190. The molecule has 1 aliphatic rings. The number of rotatable bonds is 1. The van der Waals surface area contributed by atoms with Gasteiger partial charge in [0.1, 0.15) is 5.60 Å². The predicted molar refractivity (Wildman–Crippen MR) is 63.8 cm³/mol. The summed E-state index contributed by atoms with van der Waals surface area (Å²) in [5.41, 5.74) is -2.58. The molecule has 1 amide bonds. The van der Waals surface area contributed by atoms with E-state index in [1.54, 1.807) is 20.8 Å². The summed E-state index contributed by atoms with van der Waals surface area (Å²) in [4.78, 5) is 24.7. The smallest absolute Gasteiger partial charge is 0.413 e. The van der Waals surface area contributed by atoms with Crippen molar-refractivity contribution in [3.63, 3.8) is 0 Å². The fraction of sp³-hybridized carbons (Fsp3) is 0.833. The molecular weight excluding hydrogens is 238 g/mol. The topological polar surface area (TPSA) is 76.1 Å². The molecule has 1 saturated heterocycles. The largest absolute Gasteiger partial charge is 0.465 e. The maximum atomic E-state index is 12.0. The van der Waals surface area contributed by atoms with E-state index in [9.17, 15) is 14.7 Å². The zero-order chi connectivity index (χ0) is 14.0. The molecule has 6 heteroatoms. The van der Waals surface area contributed by atoms with E-state index >= 15 is 0 Å². The minimum atomic E-state index is -1.91. The number of likely N-dealkylation sites (tertiary alicyclic amines) is 1. The molecule has 1 aliphatic heterocycles. The highest BCUT2D eigenvalue weighted by Crippen LogP contribution is 2.28. The Bertz CT molecular complexity index is 336. The van der Waals surface area contributed by atoms with E-state index in [1.165, 1.54) is 7.11 Å². The summed E-state index contributed by atoms with van der Waals surface area (Å²) in [6.07, 6.45) is 0.845. The second-order valence-electron chi connectivity index (χ2n) is 5.40. The van der Waals surface area contributed by atoms with Crippen LogP contribution in [0.25, 0.3) is 0 Å². The number of piperidine rings is 1. The van der Waals surface area contributed by atoms with Crippen LogP contribution in [0.3, 0.4) is 0 Å². The molecule has 0 aliphatic carbocycles. The van der Waals surface area contributed by atoms with Crippen LogP contribution >= 0.6 is 0 Å². The van der Waals surface area contributed by atoms with E-state index in [0.29, 0.717) is 6.42 Å². The lowest BCUT2D eigenvalue weighted by Crippen LogP contribution is -2.60. The van der Waals surface area contributed by atoms with Crippen molar-refractivity contribution in [2.24, 2.45) is 0 Å². The van der Waals surface area contributed by atoms with Crippen molar-refractivity contribution in [3.05, 3.63) is 0 Å². The molecule has 0 aromatic heterocycles. The third-order valence-corrected chi connectivity index (χ3v) is 2.73. The first-order valence-corrected chi connectivity index (χ1v) is 6.02. The Morgan fingerprint density at radius 2 is 1.89 bits per heavy atom. The van der Waals surface area contributed by atoms with Crippen LogP contribution in [-0.4, -0.2) is 47.0 Å². The van der Waals surface area contributed by atoms with Crippen LogP contribution in [0.2, 0.25) is 0 Å². The number of esters is 1. The first-order valence-electron chi connectivity index (χ1n) is 6.02. The van der Waals surface area contributed by atoms with Crippen molar-refractivity contribution >= 4 is 12.1 Å². The lowest BCUT2D eigenvalue weighted by atomic mass is 9.99. The van der Waals surface area contributed by atoms with Crippen LogP contribution in [0.5, 0.6) is 0 Å². The fourth-order valence-corrected chi connectivity index (χ4v) is 1.90. The molecule has 0 spiro atoms. The number of nitrogens with zero attached hydrogens (tertiary/aromatic N) is 1. The Balaban J connectivity index is 2.89. The van der Waals surface area contributed by atoms with Crippen LogP contribution in [0.1, 0.15) is 40.0 Å². The van der Waals surface area contributed by atoms with E-state index in [0.717, 1.165) is 11.3 Å². The monoisotopic (exact) mass is 259 g/mol. The summed E-state index contributed by atoms with van der Waals surface area (Å²) in [7, 11) is 1.18. The van der Waals surface area contributed by atoms with Gasteiger partial charge in [-0.25, -0.2) is 9.59 Å². The predicted octanol–water partition coefficient (Wildman–Crippen LogP) is 1.27. The summed E-state index contributed by atoms with van der Waals surface area (Å²) in [6.45, 7) is 5.46. The van der Waals surface area contributed by atoms with Crippen molar-refractivity contribution < 1.29 is 24.2 Å². The van der Waals surface area contributed by atoms with Gasteiger partial charge in [0.15, 0.2) is 0 Å². The van der Waals surface area contributed by atoms with Crippen molar-refractivity contribution in [1.82, 2.24) is 4.90 Å². The van der Waals surface area contributed by atoms with Crippen LogP contribution in [0, 0.1) is 0 Å². The Kier molecular flexibility index (Phi) is 4.21. The summed E-state index contributed by atoms with van der Waals surface area (Å²) >= 11 is 0. The van der Waals surface area contributed by atoms with Crippen molar-refractivity contribution in [2.75, 3.05) is 13.7 Å². The van der Waals surface area contributed by atoms with Gasteiger partial charge >= 0.3 is 12.1 Å². The first kappa shape index (κ1) is 14.8. The minimum absolute atomic E-state index is 0.166. The van der Waals surface area contributed by atoms with Crippen molar-refractivity contribution in [2.45, 2.75) is 51.4 Å². The molecule has 0 bridgehead atoms. The molecule has 104 valence electrons. The van der Waals surface area contributed by atoms with Gasteiger partial charge in [0, 0.05) is 13.0 Å². The molecule has 1 atom stereocenters. The quantitative estimate of drug-likeness (QED) is 0.718. The summed E-state index contributed by atoms with van der Waals surface area (Å²) in [6, 6.07) is 0. The zero-order valence-corrected chi connectivity index (χ0v) is 11.4. The average molecular weight is 259 g/mol. The molecule has 0 aromatic carbocycles. The zero-order valence-electron chi connectivity index (χ0n) is 11.4. The maximum absolute atomic E-state index is 12.0. The third kappa shape index (κ3) is 3.13. The molecule has 0 aromatic rings. The van der Waals surface area contributed by atoms with Gasteiger partial charge in [0.25, 0.3) is 0 Å². The van der Waals surface area contributed by atoms with Gasteiger partial charge in [-0.15, -0.1) is 0 Å². The standard InChI is InChI=1S/C12H21NO5/c1-11(2,3)18-10(15)13-8-6-5-7-12(13,16)9(14)17-4/h16H,5-8H2,1-4H3. The van der Waals surface area contributed by atoms with Gasteiger partial charge in [0.05, 0.1) is 7.11 Å². The third-order valence-electron chi connectivity index (χ3n) is 2.73. The van der Waals surface area contributed by atoms with Crippen LogP contribution < -0.4 is 0 Å². The minimum Gasteiger partial charge on any atom is -0.465 e. The molecule has 1 N–H and O–H groups in total. The Morgan fingerprint density at radius 3 is 2.39 bits per heavy atom. The Morgan fingerprint density at radius 1 is 1.28 bits per heavy atom. The number of amides is 1. The number of methoxy groups -OCH3 is 1. The molecule has 1 heterocycles. The van der Waals surface area contributed by atoms with E-state index in [1.807, 2.05) is 0 Å². The Hall–Kier alpha value is -1.30. The average Bonchev–Trinajstić information content (AvgIpc) is 2.26. The van der Waals surface area contributed by atoms with Gasteiger partial charge < -0.3 is 14.6 Å². The van der Waals surface area contributed by atoms with Gasteiger partial charge in [0.2, 0.25) is 5.72 Å². The van der Waals surface area contributed by atoms with E-state index < -0.39 is 23.4 Å². The Labute approximate surface area is 107 Å². The molecule has 1 unspecified atom stereocenters. The highest BCUT2D eigenvalue weighted by Gasteiger charge is 2.48. The first-order chi connectivity index (χ1) is 8.20. The number of carbonyl (C=O) groups excluding carboxylic acids is 2. The van der Waals surface area contributed by atoms with E-state index in [2.05, 4.69) is 4.74 Å². The second kappa shape index (κ2) is 5.14. The lowest BCUT2D eigenvalue weighted by Gasteiger charge is -2.40. The number of carbonyl (C=O) groups is 2. The SMILES string of the molecule is COC(=O)C1(O)CCCCN1C(=O)OC(C)(C)C. The summed E-state index contributed by atoms with van der Waals surface area (Å²) < 4.78 is 9.75. The van der Waals surface area contributed by atoms with Crippen LogP contribution in [-0.2, 0) is 14.3 Å². The van der Waals surface area contributed by atoms with Crippen LogP contribution in [0.15, 0.2) is 0 Å². The number of aliphatic hydroxyl groups is 1. The normalized spacial score (nSPS) is 24.6. The summed E-state index contributed by atoms with van der Waals surface area (Å²) in [5.74, 6) is -0.826. The molecular formula is C12H21NO5. The van der Waals surface area contributed by atoms with E-state index in [-0.39, 0.29) is 13.0 Å². The number of hydrogen-bond donors (Lipinski definition) is 1. The molecule has 18 heavy (non-hydrogen) atoms. The van der Waals surface area contributed by atoms with Crippen molar-refractivity contribution in [3.8, 4) is 0 Å². The van der Waals surface area contributed by atoms with Gasteiger partial charge in [-0.2, -0.15) is 0 Å². The van der Waals surface area contributed by atoms with E-state index in [4.69, 9.17) is 4.74 Å². The molecule has 1 fully saturated rings.